The van der Waals surface area contributed by atoms with Crippen LogP contribution in [0.1, 0.15) is 40.5 Å². The lowest BCUT2D eigenvalue weighted by atomic mass is 10.3. The molecule has 0 aliphatic carbocycles. The summed E-state index contributed by atoms with van der Waals surface area (Å²) in [6.45, 7) is 8.39. The molecule has 0 saturated carbocycles. The molecule has 0 bridgehead atoms. The van der Waals surface area contributed by atoms with E-state index in [1.165, 1.54) is 0 Å². The molecular weight excluding hydrogens is 208 g/mol. The Bertz CT molecular complexity index is 256. The molecule has 0 spiro atoms. The van der Waals surface area contributed by atoms with Crippen LogP contribution in [0, 0.1) is 0 Å². The van der Waals surface area contributed by atoms with E-state index in [9.17, 15) is 0 Å². The smallest absolute Gasteiger partial charge is 0.217 e. The number of rotatable bonds is 6. The van der Waals surface area contributed by atoms with Crippen molar-refractivity contribution in [3.8, 4) is 10.8 Å². The lowest BCUT2D eigenvalue weighted by Crippen LogP contribution is -2.12. The first-order chi connectivity index (χ1) is 7.17. The minimum atomic E-state index is 0.249. The molecule has 0 aliphatic rings. The van der Waals surface area contributed by atoms with E-state index in [2.05, 4.69) is 27.7 Å². The number of hydrogen-bond donors (Lipinski definition) is 0. The molecular formula is C12H20O2S. The van der Waals surface area contributed by atoms with Gasteiger partial charge in [0.05, 0.1) is 12.2 Å². The van der Waals surface area contributed by atoms with Crippen LogP contribution >= 0.6 is 11.3 Å². The fraction of sp³-hybridized carbons (Fsp3) is 0.667. The van der Waals surface area contributed by atoms with Crippen molar-refractivity contribution in [3.63, 3.8) is 0 Å². The maximum absolute atomic E-state index is 5.77. The van der Waals surface area contributed by atoms with E-state index >= 15 is 0 Å². The van der Waals surface area contributed by atoms with Crippen LogP contribution in [0.2, 0.25) is 0 Å². The van der Waals surface area contributed by atoms with Gasteiger partial charge in [0.2, 0.25) is 5.06 Å². The summed E-state index contributed by atoms with van der Waals surface area (Å²) in [5, 5.41) is 2.92. The maximum Gasteiger partial charge on any atom is 0.217 e. The fourth-order valence-electron chi connectivity index (χ4n) is 1.02. The zero-order valence-electron chi connectivity index (χ0n) is 9.95. The third-order valence-electron chi connectivity index (χ3n) is 2.38. The molecule has 0 aromatic carbocycles. The van der Waals surface area contributed by atoms with Crippen LogP contribution in [0.4, 0.5) is 0 Å². The molecule has 1 heterocycles. The molecule has 0 aliphatic heterocycles. The van der Waals surface area contributed by atoms with Crippen LogP contribution in [0.3, 0.4) is 0 Å². The zero-order valence-corrected chi connectivity index (χ0v) is 10.8. The van der Waals surface area contributed by atoms with Gasteiger partial charge in [-0.05, 0) is 38.1 Å². The molecule has 86 valence electrons. The monoisotopic (exact) mass is 228 g/mol. The summed E-state index contributed by atoms with van der Waals surface area (Å²) in [5.74, 6) is 0.884. The molecule has 0 N–H and O–H groups in total. The number of hydrogen-bond acceptors (Lipinski definition) is 3. The summed E-state index contributed by atoms with van der Waals surface area (Å²) in [4.78, 5) is 0. The quantitative estimate of drug-likeness (QED) is 0.729. The Hall–Kier alpha value is -0.700. The second-order valence-electron chi connectivity index (χ2n) is 3.75. The van der Waals surface area contributed by atoms with Crippen LogP contribution in [0.15, 0.2) is 11.4 Å². The second-order valence-corrected chi connectivity index (χ2v) is 4.62. The topological polar surface area (TPSA) is 18.5 Å². The maximum atomic E-state index is 5.77. The van der Waals surface area contributed by atoms with E-state index in [-0.39, 0.29) is 12.2 Å². The Kier molecular flexibility index (Phi) is 4.95. The zero-order chi connectivity index (χ0) is 11.3. The molecule has 0 fully saturated rings. The Morgan fingerprint density at radius 1 is 1.13 bits per heavy atom. The molecule has 2 atom stereocenters. The molecule has 1 rings (SSSR count). The van der Waals surface area contributed by atoms with Gasteiger partial charge in [-0.25, -0.2) is 0 Å². The van der Waals surface area contributed by atoms with E-state index in [1.807, 2.05) is 11.4 Å². The van der Waals surface area contributed by atoms with Crippen molar-refractivity contribution in [1.82, 2.24) is 0 Å². The van der Waals surface area contributed by atoms with Gasteiger partial charge in [0.15, 0.2) is 5.75 Å². The molecule has 0 saturated heterocycles. The standard InChI is InChI=1S/C12H20O2S/c1-5-9(3)13-11-7-8-15-12(11)14-10(4)6-2/h7-10H,5-6H2,1-4H3. The first kappa shape index (κ1) is 12.4. The fourth-order valence-corrected chi connectivity index (χ4v) is 1.79. The highest BCUT2D eigenvalue weighted by Gasteiger charge is 2.11. The van der Waals surface area contributed by atoms with Crippen LogP contribution in [-0.4, -0.2) is 12.2 Å². The molecule has 1 aromatic heterocycles. The van der Waals surface area contributed by atoms with Crippen molar-refractivity contribution >= 4 is 11.3 Å². The largest absolute Gasteiger partial charge is 0.486 e. The minimum absolute atomic E-state index is 0.249. The predicted octanol–water partition coefficient (Wildman–Crippen LogP) is 4.10. The normalized spacial score (nSPS) is 14.7. The average Bonchev–Trinajstić information content (AvgIpc) is 2.65. The first-order valence-electron chi connectivity index (χ1n) is 5.58. The highest BCUT2D eigenvalue weighted by atomic mass is 32.1. The van der Waals surface area contributed by atoms with Crippen molar-refractivity contribution in [1.29, 1.82) is 0 Å². The Morgan fingerprint density at radius 2 is 1.73 bits per heavy atom. The molecule has 0 amide bonds. The minimum Gasteiger partial charge on any atom is -0.486 e. The van der Waals surface area contributed by atoms with E-state index in [0.717, 1.165) is 23.7 Å². The summed E-state index contributed by atoms with van der Waals surface area (Å²) < 4.78 is 11.5. The third kappa shape index (κ3) is 3.74. The molecule has 1 aromatic rings. The van der Waals surface area contributed by atoms with Crippen LogP contribution in [0.25, 0.3) is 0 Å². The molecule has 2 unspecified atom stereocenters. The Labute approximate surface area is 96.2 Å². The van der Waals surface area contributed by atoms with E-state index in [4.69, 9.17) is 9.47 Å². The second kappa shape index (κ2) is 6.01. The lowest BCUT2D eigenvalue weighted by molar-refractivity contribution is 0.182. The summed E-state index contributed by atoms with van der Waals surface area (Å²) in [6.07, 6.45) is 2.53. The van der Waals surface area contributed by atoms with Gasteiger partial charge in [0, 0.05) is 0 Å². The highest BCUT2D eigenvalue weighted by molar-refractivity contribution is 7.12. The van der Waals surface area contributed by atoms with Gasteiger partial charge in [-0.2, -0.15) is 0 Å². The van der Waals surface area contributed by atoms with Crippen LogP contribution in [0.5, 0.6) is 10.8 Å². The molecule has 2 nitrogen and oxygen atoms in total. The lowest BCUT2D eigenvalue weighted by Gasteiger charge is -2.15. The SMILES string of the molecule is CCC(C)Oc1ccsc1OC(C)CC. The molecule has 15 heavy (non-hydrogen) atoms. The van der Waals surface area contributed by atoms with E-state index < -0.39 is 0 Å². The van der Waals surface area contributed by atoms with Gasteiger partial charge < -0.3 is 9.47 Å². The van der Waals surface area contributed by atoms with E-state index in [1.54, 1.807) is 11.3 Å². The van der Waals surface area contributed by atoms with Crippen molar-refractivity contribution in [2.45, 2.75) is 52.7 Å². The predicted molar refractivity (Wildman–Crippen MR) is 65.1 cm³/mol. The summed E-state index contributed by atoms with van der Waals surface area (Å²) >= 11 is 1.60. The van der Waals surface area contributed by atoms with Crippen molar-refractivity contribution in [2.24, 2.45) is 0 Å². The number of thiophene rings is 1. The Balaban J connectivity index is 2.60. The van der Waals surface area contributed by atoms with Gasteiger partial charge in [-0.15, -0.1) is 11.3 Å². The van der Waals surface area contributed by atoms with Crippen LogP contribution < -0.4 is 9.47 Å². The van der Waals surface area contributed by atoms with Crippen molar-refractivity contribution < 1.29 is 9.47 Å². The molecule has 3 heteroatoms. The van der Waals surface area contributed by atoms with Gasteiger partial charge in [0.1, 0.15) is 0 Å². The van der Waals surface area contributed by atoms with Crippen LogP contribution in [-0.2, 0) is 0 Å². The highest BCUT2D eigenvalue weighted by Crippen LogP contribution is 2.35. The number of ether oxygens (including phenoxy) is 2. The average molecular weight is 228 g/mol. The first-order valence-corrected chi connectivity index (χ1v) is 6.46. The molecule has 0 radical (unpaired) electrons. The van der Waals surface area contributed by atoms with E-state index in [0.29, 0.717) is 0 Å². The van der Waals surface area contributed by atoms with Gasteiger partial charge in [-0.1, -0.05) is 13.8 Å². The third-order valence-corrected chi connectivity index (χ3v) is 3.17. The summed E-state index contributed by atoms with van der Waals surface area (Å²) in [5.41, 5.74) is 0. The van der Waals surface area contributed by atoms with Gasteiger partial charge >= 0.3 is 0 Å². The summed E-state index contributed by atoms with van der Waals surface area (Å²) in [6, 6.07) is 1.98. The van der Waals surface area contributed by atoms with Crippen molar-refractivity contribution in [3.05, 3.63) is 11.4 Å². The van der Waals surface area contributed by atoms with Crippen molar-refractivity contribution in [2.75, 3.05) is 0 Å². The summed E-state index contributed by atoms with van der Waals surface area (Å²) in [7, 11) is 0. The Morgan fingerprint density at radius 3 is 2.33 bits per heavy atom. The van der Waals surface area contributed by atoms with Gasteiger partial charge in [0.25, 0.3) is 0 Å². The van der Waals surface area contributed by atoms with Gasteiger partial charge in [-0.3, -0.25) is 0 Å².